The van der Waals surface area contributed by atoms with E-state index in [4.69, 9.17) is 23.2 Å². The molecule has 0 heterocycles. The van der Waals surface area contributed by atoms with E-state index in [-0.39, 0.29) is 61.7 Å². The summed E-state index contributed by atoms with van der Waals surface area (Å²) >= 11 is 12.7. The second-order valence-electron chi connectivity index (χ2n) is 12.4. The summed E-state index contributed by atoms with van der Waals surface area (Å²) in [5.74, 6) is -1.84. The van der Waals surface area contributed by atoms with Crippen molar-refractivity contribution in [3.05, 3.63) is 0 Å². The molecule has 0 saturated heterocycles. The molecule has 0 bridgehead atoms. The van der Waals surface area contributed by atoms with Gasteiger partial charge in [0.05, 0.1) is 0 Å². The zero-order valence-electron chi connectivity index (χ0n) is 28.5. The number of aliphatic carboxylic acids is 2. The van der Waals surface area contributed by atoms with Crippen molar-refractivity contribution < 1.29 is 19.8 Å². The van der Waals surface area contributed by atoms with Gasteiger partial charge in [0.15, 0.2) is 0 Å². The molecule has 0 aromatic rings. The predicted molar refractivity (Wildman–Crippen MR) is 185 cm³/mol. The van der Waals surface area contributed by atoms with Crippen molar-refractivity contribution in [2.75, 3.05) is 0 Å². The number of alkyl halides is 2. The van der Waals surface area contributed by atoms with Gasteiger partial charge in [-0.15, -0.1) is 23.2 Å². The van der Waals surface area contributed by atoms with Gasteiger partial charge in [-0.1, -0.05) is 155 Å². The topological polar surface area (TPSA) is 80.3 Å². The van der Waals surface area contributed by atoms with Crippen LogP contribution in [0.2, 0.25) is 0 Å². The van der Waals surface area contributed by atoms with Crippen molar-refractivity contribution in [3.8, 4) is 0 Å². The number of halogens is 2. The predicted octanol–water partition coefficient (Wildman–Crippen LogP) is 10.0. The quantitative estimate of drug-likeness (QED) is 0.0388. The number of unbranched alkanes of at least 4 members (excludes halogenated alkanes) is 20. The second-order valence-corrected chi connectivity index (χ2v) is 13.6. The minimum atomic E-state index is -0.919. The molecule has 0 aliphatic carbocycles. The number of carboxylic acids is 2. The Bertz CT molecular complexity index is 517. The molecule has 0 fully saturated rings. The first-order valence-electron chi connectivity index (χ1n) is 18.0. The van der Waals surface area contributed by atoms with E-state index < -0.39 is 11.9 Å². The third-order valence-corrected chi connectivity index (χ3v) is 8.91. The average Bonchev–Trinajstić information content (AvgIpc) is 2.95. The molecule has 0 amide bonds. The van der Waals surface area contributed by atoms with Crippen molar-refractivity contribution in [2.45, 2.75) is 217 Å². The number of carbonyl (C=O) groups is 2. The fourth-order valence-electron chi connectivity index (χ4n) is 5.27. The van der Waals surface area contributed by atoms with Crippen LogP contribution >= 0.6 is 23.2 Å². The van der Waals surface area contributed by atoms with E-state index in [9.17, 15) is 19.8 Å². The monoisotopic (exact) mass is 772 g/mol. The molecule has 0 N–H and O–H groups in total. The Morgan fingerprint density at radius 1 is 0.419 bits per heavy atom. The summed E-state index contributed by atoms with van der Waals surface area (Å²) < 4.78 is 0. The van der Waals surface area contributed by atoms with E-state index in [2.05, 4.69) is 13.8 Å². The maximum atomic E-state index is 10.2. The standard InChI is InChI=1S/2C18H35ClO2.Ba/c2*1-2-3-4-8-11-14-17(19)15-12-9-6-5-7-10-13-16-18(20)21;/h2*17H,2-16H2,1H3,(H,20,21);/q;;+2/p-2. The van der Waals surface area contributed by atoms with Crippen LogP contribution in [0.5, 0.6) is 0 Å². The van der Waals surface area contributed by atoms with Gasteiger partial charge >= 0.3 is 48.9 Å². The minimum absolute atomic E-state index is 0. The SMILES string of the molecule is CCCCCCCC(Cl)CCCCCCCCCC(=O)[O-].CCCCCCCC(Cl)CCCCCCCCCC(=O)[O-].[Ba+2]. The van der Waals surface area contributed by atoms with Gasteiger partial charge in [0.25, 0.3) is 0 Å². The summed E-state index contributed by atoms with van der Waals surface area (Å²) in [5.41, 5.74) is 0. The van der Waals surface area contributed by atoms with E-state index in [0.717, 1.165) is 51.4 Å². The Labute approximate surface area is 318 Å². The van der Waals surface area contributed by atoms with Crippen molar-refractivity contribution in [2.24, 2.45) is 0 Å². The molecule has 252 valence electrons. The van der Waals surface area contributed by atoms with Gasteiger partial charge in [-0.2, -0.15) is 0 Å². The normalized spacial score (nSPS) is 12.2. The molecule has 4 nitrogen and oxygen atoms in total. The number of rotatable bonds is 32. The van der Waals surface area contributed by atoms with Gasteiger partial charge in [-0.3, -0.25) is 0 Å². The first-order valence-corrected chi connectivity index (χ1v) is 18.9. The van der Waals surface area contributed by atoms with Crippen LogP contribution < -0.4 is 10.2 Å². The van der Waals surface area contributed by atoms with Crippen LogP contribution in [-0.2, 0) is 9.59 Å². The van der Waals surface area contributed by atoms with E-state index in [1.165, 1.54) is 128 Å². The molecule has 7 heteroatoms. The van der Waals surface area contributed by atoms with Gasteiger partial charge < -0.3 is 19.8 Å². The molecule has 2 atom stereocenters. The Balaban J connectivity index is -0.000000727. The summed E-state index contributed by atoms with van der Waals surface area (Å²) in [5, 5.41) is 21.2. The summed E-state index contributed by atoms with van der Waals surface area (Å²) in [4.78, 5) is 20.5. The van der Waals surface area contributed by atoms with Crippen LogP contribution in [0.15, 0.2) is 0 Å². The first kappa shape index (κ1) is 48.5. The van der Waals surface area contributed by atoms with Crippen molar-refractivity contribution in [1.29, 1.82) is 0 Å². The van der Waals surface area contributed by atoms with Gasteiger partial charge in [0.1, 0.15) is 0 Å². The number of hydrogen-bond acceptors (Lipinski definition) is 4. The van der Waals surface area contributed by atoms with Crippen LogP contribution in [0.3, 0.4) is 0 Å². The number of carbonyl (C=O) groups excluding carboxylic acids is 2. The molecular formula is C36H68BaCl2O4. The molecular weight excluding hydrogens is 705 g/mol. The molecule has 0 aliphatic heterocycles. The molecule has 0 aromatic carbocycles. The molecule has 0 spiro atoms. The fraction of sp³-hybridized carbons (Fsp3) is 0.944. The van der Waals surface area contributed by atoms with E-state index >= 15 is 0 Å². The number of carboxylic acid groups (broad SMARTS) is 2. The Morgan fingerprint density at radius 3 is 0.860 bits per heavy atom. The van der Waals surface area contributed by atoms with E-state index in [1.54, 1.807) is 0 Å². The smallest absolute Gasteiger partial charge is 0.550 e. The molecule has 0 saturated carbocycles. The third-order valence-electron chi connectivity index (χ3n) is 8.04. The zero-order chi connectivity index (χ0) is 31.5. The van der Waals surface area contributed by atoms with Gasteiger partial charge in [-0.25, -0.2) is 0 Å². The second kappa shape index (κ2) is 41.1. The van der Waals surface area contributed by atoms with Gasteiger partial charge in [0, 0.05) is 22.7 Å². The Morgan fingerprint density at radius 2 is 0.628 bits per heavy atom. The number of hydrogen-bond donors (Lipinski definition) is 0. The van der Waals surface area contributed by atoms with E-state index in [0.29, 0.717) is 10.8 Å². The van der Waals surface area contributed by atoms with Crippen LogP contribution in [-0.4, -0.2) is 71.6 Å². The fourth-order valence-corrected chi connectivity index (χ4v) is 5.88. The van der Waals surface area contributed by atoms with Crippen LogP contribution in [0.25, 0.3) is 0 Å². The maximum absolute atomic E-state index is 10.2. The maximum Gasteiger partial charge on any atom is 2.00 e. The van der Waals surface area contributed by atoms with Crippen LogP contribution in [0.4, 0.5) is 0 Å². The summed E-state index contributed by atoms with van der Waals surface area (Å²) in [6, 6.07) is 0. The van der Waals surface area contributed by atoms with Crippen molar-refractivity contribution >= 4 is 84.0 Å². The van der Waals surface area contributed by atoms with Crippen molar-refractivity contribution in [1.82, 2.24) is 0 Å². The summed E-state index contributed by atoms with van der Waals surface area (Å²) in [7, 11) is 0. The summed E-state index contributed by atoms with van der Waals surface area (Å²) in [6.07, 6.45) is 34.2. The van der Waals surface area contributed by atoms with Gasteiger partial charge in [0.2, 0.25) is 0 Å². The van der Waals surface area contributed by atoms with Crippen LogP contribution in [0.1, 0.15) is 206 Å². The molecule has 43 heavy (non-hydrogen) atoms. The first-order chi connectivity index (χ1) is 20.3. The van der Waals surface area contributed by atoms with Crippen LogP contribution in [0, 0.1) is 0 Å². The minimum Gasteiger partial charge on any atom is -0.550 e. The van der Waals surface area contributed by atoms with E-state index in [1.807, 2.05) is 0 Å². The Kier molecular flexibility index (Phi) is 46.4. The average molecular weight is 773 g/mol. The molecule has 0 rings (SSSR count). The Hall–Kier alpha value is 1.09. The molecule has 0 aromatic heterocycles. The summed E-state index contributed by atoms with van der Waals surface area (Å²) in [6.45, 7) is 4.49. The largest absolute Gasteiger partial charge is 2.00 e. The zero-order valence-corrected chi connectivity index (χ0v) is 34.4. The third kappa shape index (κ3) is 47.6. The van der Waals surface area contributed by atoms with Crippen molar-refractivity contribution in [3.63, 3.8) is 0 Å². The molecule has 0 aliphatic rings. The molecule has 0 radical (unpaired) electrons. The van der Waals surface area contributed by atoms with Gasteiger partial charge in [-0.05, 0) is 51.4 Å². The molecule has 2 unspecified atom stereocenters.